The third-order valence-corrected chi connectivity index (χ3v) is 4.93. The number of ether oxygens (including phenoxy) is 2. The van der Waals surface area contributed by atoms with Gasteiger partial charge in [-0.15, -0.1) is 0 Å². The van der Waals surface area contributed by atoms with Crippen LogP contribution in [0.1, 0.15) is 6.92 Å². The second-order valence-electron chi connectivity index (χ2n) is 5.79. The molecule has 6 nitrogen and oxygen atoms in total. The molecule has 1 aromatic heterocycles. The van der Waals surface area contributed by atoms with Gasteiger partial charge in [0.05, 0.1) is 17.1 Å². The van der Waals surface area contributed by atoms with Gasteiger partial charge < -0.3 is 19.8 Å². The summed E-state index contributed by atoms with van der Waals surface area (Å²) in [5.41, 5.74) is 2.66. The number of anilines is 1. The van der Waals surface area contributed by atoms with Gasteiger partial charge in [-0.05, 0) is 24.6 Å². The number of nitrogens with zero attached hydrogens (tertiary/aromatic N) is 1. The van der Waals surface area contributed by atoms with Crippen molar-refractivity contribution in [2.75, 3.05) is 12.1 Å². The Balaban J connectivity index is 1.39. The summed E-state index contributed by atoms with van der Waals surface area (Å²) in [5.74, 6) is 1.22. The highest BCUT2D eigenvalue weighted by Gasteiger charge is 2.19. The topological polar surface area (TPSA) is 76.2 Å². The molecular formula is C19H17N3O3S. The number of nitrogens with one attached hydrogen (secondary N) is 2. The molecular weight excluding hydrogens is 350 g/mol. The van der Waals surface area contributed by atoms with Gasteiger partial charge in [-0.25, -0.2) is 4.98 Å². The van der Waals surface area contributed by atoms with Gasteiger partial charge in [0.2, 0.25) is 12.7 Å². The first-order valence-electron chi connectivity index (χ1n) is 8.16. The smallest absolute Gasteiger partial charge is 0.237 e. The van der Waals surface area contributed by atoms with Crippen LogP contribution in [0.4, 0.5) is 5.69 Å². The molecule has 0 aliphatic carbocycles. The summed E-state index contributed by atoms with van der Waals surface area (Å²) in [5, 5.41) is 3.29. The Morgan fingerprint density at radius 2 is 2.00 bits per heavy atom. The minimum absolute atomic E-state index is 0.105. The Morgan fingerprint density at radius 1 is 1.19 bits per heavy atom. The highest BCUT2D eigenvalue weighted by atomic mass is 32.2. The van der Waals surface area contributed by atoms with E-state index < -0.39 is 0 Å². The number of hydrogen-bond donors (Lipinski definition) is 2. The van der Waals surface area contributed by atoms with Crippen molar-refractivity contribution in [2.24, 2.45) is 0 Å². The van der Waals surface area contributed by atoms with E-state index in [1.807, 2.05) is 37.3 Å². The van der Waals surface area contributed by atoms with Gasteiger partial charge in [-0.2, -0.15) is 0 Å². The molecule has 1 atom stereocenters. The zero-order valence-corrected chi connectivity index (χ0v) is 14.9. The summed E-state index contributed by atoms with van der Waals surface area (Å²) in [6, 6.07) is 15.3. The summed E-state index contributed by atoms with van der Waals surface area (Å²) in [7, 11) is 0. The van der Waals surface area contributed by atoms with E-state index in [1.165, 1.54) is 11.8 Å². The number of rotatable bonds is 5. The molecule has 0 fully saturated rings. The number of thioether (sulfide) groups is 1. The number of aromatic amines is 1. The molecule has 0 saturated carbocycles. The number of hydrogen-bond acceptors (Lipinski definition) is 5. The molecule has 2 heterocycles. The average Bonchev–Trinajstić information content (AvgIpc) is 3.31. The monoisotopic (exact) mass is 367 g/mol. The molecule has 4 rings (SSSR count). The Hall–Kier alpha value is -2.93. The van der Waals surface area contributed by atoms with Crippen molar-refractivity contribution >= 4 is 23.4 Å². The van der Waals surface area contributed by atoms with E-state index in [0.717, 1.165) is 11.3 Å². The number of imidazole rings is 1. The quantitative estimate of drug-likeness (QED) is 0.669. The lowest BCUT2D eigenvalue weighted by molar-refractivity contribution is -0.115. The second-order valence-corrected chi connectivity index (χ2v) is 7.11. The van der Waals surface area contributed by atoms with Crippen LogP contribution >= 0.6 is 11.8 Å². The number of aromatic nitrogens is 2. The fourth-order valence-electron chi connectivity index (χ4n) is 2.57. The van der Waals surface area contributed by atoms with E-state index in [1.54, 1.807) is 24.4 Å². The lowest BCUT2D eigenvalue weighted by atomic mass is 10.2. The van der Waals surface area contributed by atoms with Gasteiger partial charge in [-0.1, -0.05) is 42.1 Å². The Bertz CT molecular complexity index is 927. The summed E-state index contributed by atoms with van der Waals surface area (Å²) >= 11 is 1.38. The fourth-order valence-corrected chi connectivity index (χ4v) is 3.35. The molecule has 0 spiro atoms. The van der Waals surface area contributed by atoms with E-state index in [-0.39, 0.29) is 18.0 Å². The molecule has 0 radical (unpaired) electrons. The summed E-state index contributed by atoms with van der Waals surface area (Å²) < 4.78 is 10.6. The van der Waals surface area contributed by atoms with Crippen molar-refractivity contribution in [2.45, 2.75) is 17.3 Å². The third-order valence-electron chi connectivity index (χ3n) is 3.94. The number of carbonyl (C=O) groups is 1. The van der Waals surface area contributed by atoms with Crippen LogP contribution in [0.5, 0.6) is 11.5 Å². The molecule has 1 aliphatic rings. The van der Waals surface area contributed by atoms with E-state index in [4.69, 9.17) is 9.47 Å². The molecule has 1 unspecified atom stereocenters. The van der Waals surface area contributed by atoms with Crippen LogP contribution in [-0.2, 0) is 4.79 Å². The normalized spacial score (nSPS) is 13.4. The predicted octanol–water partition coefficient (Wildman–Crippen LogP) is 3.92. The van der Waals surface area contributed by atoms with Crippen LogP contribution in [0.3, 0.4) is 0 Å². The molecule has 132 valence electrons. The van der Waals surface area contributed by atoms with Gasteiger partial charge in [0.1, 0.15) is 0 Å². The van der Waals surface area contributed by atoms with E-state index in [9.17, 15) is 4.79 Å². The molecule has 26 heavy (non-hydrogen) atoms. The molecule has 1 amide bonds. The van der Waals surface area contributed by atoms with Crippen molar-refractivity contribution in [1.29, 1.82) is 0 Å². The maximum Gasteiger partial charge on any atom is 0.237 e. The van der Waals surface area contributed by atoms with Gasteiger partial charge in [0, 0.05) is 11.8 Å². The summed E-state index contributed by atoms with van der Waals surface area (Å²) in [6.45, 7) is 2.05. The molecule has 3 aromatic rings. The highest BCUT2D eigenvalue weighted by Crippen LogP contribution is 2.34. The van der Waals surface area contributed by atoms with Crippen LogP contribution in [0.2, 0.25) is 0 Å². The van der Waals surface area contributed by atoms with Crippen molar-refractivity contribution in [3.05, 3.63) is 54.7 Å². The number of amides is 1. The first-order valence-corrected chi connectivity index (χ1v) is 9.04. The number of benzene rings is 2. The first kappa shape index (κ1) is 16.5. The molecule has 0 saturated heterocycles. The first-order chi connectivity index (χ1) is 12.7. The lowest BCUT2D eigenvalue weighted by Crippen LogP contribution is -2.22. The zero-order valence-electron chi connectivity index (χ0n) is 14.1. The van der Waals surface area contributed by atoms with Crippen LogP contribution in [0.15, 0.2) is 59.9 Å². The highest BCUT2D eigenvalue weighted by molar-refractivity contribution is 8.00. The Morgan fingerprint density at radius 3 is 2.85 bits per heavy atom. The zero-order chi connectivity index (χ0) is 17.9. The molecule has 1 aliphatic heterocycles. The van der Waals surface area contributed by atoms with E-state index >= 15 is 0 Å². The van der Waals surface area contributed by atoms with Gasteiger partial charge >= 0.3 is 0 Å². The average molecular weight is 367 g/mol. The van der Waals surface area contributed by atoms with Crippen LogP contribution in [0.25, 0.3) is 11.3 Å². The Labute approximate surface area is 154 Å². The molecule has 2 N–H and O–H groups in total. The third kappa shape index (κ3) is 3.52. The molecule has 7 heteroatoms. The standard InChI is InChI=1S/C19H17N3O3S/c1-12(18(23)21-14-7-8-16-17(9-14)25-11-24-16)26-19-20-10-15(22-19)13-5-3-2-4-6-13/h2-10,12H,11H2,1H3,(H,20,22)(H,21,23). The van der Waals surface area contributed by atoms with Crippen molar-refractivity contribution in [3.63, 3.8) is 0 Å². The number of H-pyrrole nitrogens is 1. The maximum atomic E-state index is 12.4. The predicted molar refractivity (Wildman–Crippen MR) is 101 cm³/mol. The minimum Gasteiger partial charge on any atom is -0.454 e. The minimum atomic E-state index is -0.310. The van der Waals surface area contributed by atoms with Crippen LogP contribution < -0.4 is 14.8 Å². The second kappa shape index (κ2) is 7.13. The largest absolute Gasteiger partial charge is 0.454 e. The fraction of sp³-hybridized carbons (Fsp3) is 0.158. The maximum absolute atomic E-state index is 12.4. The number of fused-ring (bicyclic) bond motifs is 1. The Kier molecular flexibility index (Phi) is 4.53. The van der Waals surface area contributed by atoms with Gasteiger partial charge in [0.15, 0.2) is 16.7 Å². The molecule has 0 bridgehead atoms. The number of carbonyl (C=O) groups excluding carboxylic acids is 1. The van der Waals surface area contributed by atoms with E-state index in [0.29, 0.717) is 22.3 Å². The lowest BCUT2D eigenvalue weighted by Gasteiger charge is -2.11. The van der Waals surface area contributed by atoms with Gasteiger partial charge in [-0.3, -0.25) is 4.79 Å². The van der Waals surface area contributed by atoms with Gasteiger partial charge in [0.25, 0.3) is 0 Å². The van der Waals surface area contributed by atoms with Crippen molar-refractivity contribution in [3.8, 4) is 22.8 Å². The SMILES string of the molecule is CC(Sc1ncc(-c2ccccc2)[nH]1)C(=O)Nc1ccc2c(c1)OCO2. The van der Waals surface area contributed by atoms with E-state index in [2.05, 4.69) is 15.3 Å². The van der Waals surface area contributed by atoms with Crippen molar-refractivity contribution in [1.82, 2.24) is 9.97 Å². The summed E-state index contributed by atoms with van der Waals surface area (Å²) in [4.78, 5) is 20.1. The van der Waals surface area contributed by atoms with Crippen LogP contribution in [-0.4, -0.2) is 27.9 Å². The van der Waals surface area contributed by atoms with Crippen LogP contribution in [0, 0.1) is 0 Å². The summed E-state index contributed by atoms with van der Waals surface area (Å²) in [6.07, 6.45) is 1.78. The molecule has 2 aromatic carbocycles. The van der Waals surface area contributed by atoms with Crippen molar-refractivity contribution < 1.29 is 14.3 Å².